The summed E-state index contributed by atoms with van der Waals surface area (Å²) in [6.45, 7) is 7.48. The van der Waals surface area contributed by atoms with Gasteiger partial charge >= 0.3 is 5.97 Å². The average Bonchev–Trinajstić information content (AvgIpc) is 2.31. The number of amides is 1. The zero-order chi connectivity index (χ0) is 15.5. The second kappa shape index (κ2) is 6.56. The highest BCUT2D eigenvalue weighted by molar-refractivity contribution is 14.1. The monoisotopic (exact) mass is 389 g/mol. The fraction of sp³-hybridized carbons (Fsp3) is 0.467. The summed E-state index contributed by atoms with van der Waals surface area (Å²) in [5.41, 5.74) is 0.734. The fourth-order valence-corrected chi connectivity index (χ4v) is 2.39. The van der Waals surface area contributed by atoms with E-state index in [1.807, 2.05) is 32.9 Å². The van der Waals surface area contributed by atoms with E-state index >= 15 is 0 Å². The van der Waals surface area contributed by atoms with E-state index in [2.05, 4.69) is 27.9 Å². The van der Waals surface area contributed by atoms with Gasteiger partial charge in [-0.1, -0.05) is 19.9 Å². The maximum atomic E-state index is 12.4. The molecule has 1 atom stereocenters. The Bertz CT molecular complexity index is 528. The van der Waals surface area contributed by atoms with Crippen molar-refractivity contribution in [1.29, 1.82) is 0 Å². The van der Waals surface area contributed by atoms with Crippen LogP contribution in [0.15, 0.2) is 18.2 Å². The van der Waals surface area contributed by atoms with E-state index in [0.29, 0.717) is 5.56 Å². The number of carboxylic acids is 1. The second-order valence-corrected chi connectivity index (χ2v) is 6.67. The molecule has 1 rings (SSSR count). The lowest BCUT2D eigenvalue weighted by Gasteiger charge is -2.33. The summed E-state index contributed by atoms with van der Waals surface area (Å²) in [4.78, 5) is 23.4. The van der Waals surface area contributed by atoms with Crippen LogP contribution in [0.5, 0.6) is 0 Å². The lowest BCUT2D eigenvalue weighted by Crippen LogP contribution is -2.51. The van der Waals surface area contributed by atoms with Crippen LogP contribution in [0.25, 0.3) is 0 Å². The Balaban J connectivity index is 3.03. The molecule has 4 nitrogen and oxygen atoms in total. The number of nitrogens with one attached hydrogen (secondary N) is 1. The summed E-state index contributed by atoms with van der Waals surface area (Å²) in [5, 5.41) is 11.9. The Labute approximate surface area is 133 Å². The number of carboxylic acid groups (broad SMARTS) is 1. The molecule has 0 saturated carbocycles. The van der Waals surface area contributed by atoms with Crippen LogP contribution < -0.4 is 5.32 Å². The Morgan fingerprint density at radius 1 is 1.40 bits per heavy atom. The molecule has 0 aromatic heterocycles. The van der Waals surface area contributed by atoms with Crippen LogP contribution in [0.2, 0.25) is 0 Å². The zero-order valence-electron chi connectivity index (χ0n) is 12.2. The van der Waals surface area contributed by atoms with Crippen molar-refractivity contribution in [3.8, 4) is 0 Å². The summed E-state index contributed by atoms with van der Waals surface area (Å²) in [7, 11) is 0. The van der Waals surface area contributed by atoms with Gasteiger partial charge in [-0.3, -0.25) is 9.59 Å². The highest BCUT2D eigenvalue weighted by atomic mass is 127. The van der Waals surface area contributed by atoms with Crippen molar-refractivity contribution in [1.82, 2.24) is 5.32 Å². The molecular formula is C15H20INO3. The predicted molar refractivity (Wildman–Crippen MR) is 86.9 cm³/mol. The molecule has 0 heterocycles. The summed E-state index contributed by atoms with van der Waals surface area (Å²) < 4.78 is 1.01. The summed E-state index contributed by atoms with van der Waals surface area (Å²) in [5.74, 6) is -1.12. The Morgan fingerprint density at radius 3 is 2.50 bits per heavy atom. The maximum absolute atomic E-state index is 12.4. The fourth-order valence-electron chi connectivity index (χ4n) is 1.89. The van der Waals surface area contributed by atoms with E-state index in [-0.39, 0.29) is 18.2 Å². The van der Waals surface area contributed by atoms with Gasteiger partial charge in [0.05, 0.1) is 12.0 Å². The van der Waals surface area contributed by atoms with Crippen molar-refractivity contribution >= 4 is 34.5 Å². The molecule has 0 spiro atoms. The van der Waals surface area contributed by atoms with E-state index < -0.39 is 11.5 Å². The lowest BCUT2D eigenvalue weighted by molar-refractivity contribution is -0.138. The molecule has 0 radical (unpaired) electrons. The third kappa shape index (κ3) is 3.94. The Hall–Kier alpha value is -1.11. The minimum atomic E-state index is -0.916. The van der Waals surface area contributed by atoms with Gasteiger partial charge in [-0.15, -0.1) is 0 Å². The van der Waals surface area contributed by atoms with Gasteiger partial charge in [0.15, 0.2) is 0 Å². The molecule has 5 heteroatoms. The van der Waals surface area contributed by atoms with Crippen LogP contribution in [0.1, 0.15) is 43.1 Å². The summed E-state index contributed by atoms with van der Waals surface area (Å²) in [6, 6.07) is 5.52. The van der Waals surface area contributed by atoms with E-state index in [9.17, 15) is 9.59 Å². The number of rotatable bonds is 5. The van der Waals surface area contributed by atoms with Gasteiger partial charge in [0, 0.05) is 9.13 Å². The van der Waals surface area contributed by atoms with Gasteiger partial charge < -0.3 is 10.4 Å². The number of carbonyl (C=O) groups excluding carboxylic acids is 1. The Kier molecular flexibility index (Phi) is 5.56. The zero-order valence-corrected chi connectivity index (χ0v) is 14.3. The van der Waals surface area contributed by atoms with Gasteiger partial charge in [0.1, 0.15) is 0 Å². The van der Waals surface area contributed by atoms with Gasteiger partial charge in [-0.05, 0) is 60.1 Å². The molecule has 0 saturated heterocycles. The van der Waals surface area contributed by atoms with E-state index in [0.717, 1.165) is 9.13 Å². The normalized spacial score (nSPS) is 13.9. The Morgan fingerprint density at radius 2 is 2.00 bits per heavy atom. The summed E-state index contributed by atoms with van der Waals surface area (Å²) in [6.07, 6.45) is -0.0978. The molecule has 0 aliphatic rings. The van der Waals surface area contributed by atoms with Crippen molar-refractivity contribution in [2.24, 2.45) is 5.92 Å². The van der Waals surface area contributed by atoms with E-state index in [1.165, 1.54) is 0 Å². The van der Waals surface area contributed by atoms with Crippen LogP contribution >= 0.6 is 22.6 Å². The van der Waals surface area contributed by atoms with Gasteiger partial charge in [-0.25, -0.2) is 0 Å². The topological polar surface area (TPSA) is 66.4 Å². The first-order valence-electron chi connectivity index (χ1n) is 6.47. The van der Waals surface area contributed by atoms with Crippen LogP contribution in [-0.2, 0) is 4.79 Å². The minimum absolute atomic E-state index is 0.0191. The SMILES string of the molecule is Cc1c(I)cccc1C(=O)NC(C)(CC(=O)O)C(C)C. The highest BCUT2D eigenvalue weighted by Crippen LogP contribution is 2.23. The molecule has 1 amide bonds. The molecule has 1 aromatic rings. The molecule has 20 heavy (non-hydrogen) atoms. The molecule has 110 valence electrons. The first kappa shape index (κ1) is 16.9. The molecular weight excluding hydrogens is 369 g/mol. The molecule has 0 bridgehead atoms. The standard InChI is InChI=1S/C15H20INO3/c1-9(2)15(4,8-13(18)19)17-14(20)11-6-5-7-12(16)10(11)3/h5-7,9H,8H2,1-4H3,(H,17,20)(H,18,19). The lowest BCUT2D eigenvalue weighted by atomic mass is 9.85. The van der Waals surface area contributed by atoms with E-state index in [4.69, 9.17) is 5.11 Å². The van der Waals surface area contributed by atoms with Gasteiger partial charge in [0.25, 0.3) is 5.91 Å². The van der Waals surface area contributed by atoms with Gasteiger partial charge in [-0.2, -0.15) is 0 Å². The van der Waals surface area contributed by atoms with Crippen LogP contribution in [0, 0.1) is 16.4 Å². The largest absolute Gasteiger partial charge is 0.481 e. The quantitative estimate of drug-likeness (QED) is 0.761. The molecule has 2 N–H and O–H groups in total. The molecule has 0 aliphatic carbocycles. The number of aliphatic carboxylic acids is 1. The number of benzene rings is 1. The molecule has 1 aromatic carbocycles. The second-order valence-electron chi connectivity index (χ2n) is 5.51. The smallest absolute Gasteiger partial charge is 0.305 e. The van der Waals surface area contributed by atoms with Crippen LogP contribution in [0.3, 0.4) is 0 Å². The predicted octanol–water partition coefficient (Wildman–Crippen LogP) is 3.22. The third-order valence-electron chi connectivity index (χ3n) is 3.70. The average molecular weight is 389 g/mol. The van der Waals surface area contributed by atoms with Gasteiger partial charge in [0.2, 0.25) is 0 Å². The van der Waals surface area contributed by atoms with E-state index in [1.54, 1.807) is 13.0 Å². The van der Waals surface area contributed by atoms with Crippen LogP contribution in [-0.4, -0.2) is 22.5 Å². The van der Waals surface area contributed by atoms with Crippen molar-refractivity contribution in [3.05, 3.63) is 32.9 Å². The number of carbonyl (C=O) groups is 2. The first-order valence-corrected chi connectivity index (χ1v) is 7.54. The third-order valence-corrected chi connectivity index (χ3v) is 4.87. The maximum Gasteiger partial charge on any atom is 0.305 e. The van der Waals surface area contributed by atoms with Crippen molar-refractivity contribution < 1.29 is 14.7 Å². The number of hydrogen-bond donors (Lipinski definition) is 2. The number of halogens is 1. The molecule has 1 unspecified atom stereocenters. The highest BCUT2D eigenvalue weighted by Gasteiger charge is 2.33. The summed E-state index contributed by atoms with van der Waals surface area (Å²) >= 11 is 2.18. The van der Waals surface area contributed by atoms with Crippen molar-refractivity contribution in [2.75, 3.05) is 0 Å². The molecule has 0 fully saturated rings. The first-order chi connectivity index (χ1) is 9.17. The molecule has 0 aliphatic heterocycles. The number of hydrogen-bond acceptors (Lipinski definition) is 2. The van der Waals surface area contributed by atoms with Crippen LogP contribution in [0.4, 0.5) is 0 Å². The van der Waals surface area contributed by atoms with Crippen molar-refractivity contribution in [2.45, 2.75) is 39.7 Å². The van der Waals surface area contributed by atoms with Crippen molar-refractivity contribution in [3.63, 3.8) is 0 Å². The minimum Gasteiger partial charge on any atom is -0.481 e.